The van der Waals surface area contributed by atoms with E-state index in [2.05, 4.69) is 52.8 Å². The highest BCUT2D eigenvalue weighted by Crippen LogP contribution is 2.14. The van der Waals surface area contributed by atoms with Crippen molar-refractivity contribution in [3.8, 4) is 0 Å². The van der Waals surface area contributed by atoms with E-state index in [1.54, 1.807) is 0 Å². The third-order valence-electron chi connectivity index (χ3n) is 3.82. The average Bonchev–Trinajstić information content (AvgIpc) is 2.37. The Morgan fingerprint density at radius 2 is 1.41 bits per heavy atom. The molecule has 0 saturated heterocycles. The Labute approximate surface area is 137 Å². The molecule has 22 heavy (non-hydrogen) atoms. The molecule has 0 radical (unpaired) electrons. The Bertz CT molecular complexity index is 411. The number of hydrogen-bond donors (Lipinski definition) is 1. The van der Waals surface area contributed by atoms with E-state index in [1.165, 1.54) is 23.1 Å². The van der Waals surface area contributed by atoms with Gasteiger partial charge in [0.25, 0.3) is 0 Å². The quantitative estimate of drug-likeness (QED) is 0.489. The Hall–Kier alpha value is -1.31. The number of nitrogens with two attached hydrogens (primary N) is 1. The molecule has 0 aromatic heterocycles. The molecule has 1 atom stereocenters. The first-order chi connectivity index (χ1) is 10.3. The summed E-state index contributed by atoms with van der Waals surface area (Å²) in [6, 6.07) is 0. The van der Waals surface area contributed by atoms with E-state index in [-0.39, 0.29) is 5.91 Å². The highest BCUT2D eigenvalue weighted by Gasteiger charge is 2.04. The number of carbonyl (C=O) groups is 1. The zero-order valence-corrected chi connectivity index (χ0v) is 15.2. The second kappa shape index (κ2) is 12.3. The molecule has 0 aromatic carbocycles. The fraction of sp³-hybridized carbons (Fsp3) is 0.650. The molecule has 1 unspecified atom stereocenters. The molecule has 0 saturated carbocycles. The minimum Gasteiger partial charge on any atom is -0.370 e. The highest BCUT2D eigenvalue weighted by molar-refractivity contribution is 5.73. The molecule has 2 N–H and O–H groups in total. The van der Waals surface area contributed by atoms with E-state index in [0.29, 0.717) is 12.3 Å². The normalized spacial score (nSPS) is 13.9. The second-order valence-electron chi connectivity index (χ2n) is 6.81. The lowest BCUT2D eigenvalue weighted by atomic mass is 9.99. The first-order valence-electron chi connectivity index (χ1n) is 8.54. The molecular formula is C20H35NO. The van der Waals surface area contributed by atoms with Crippen LogP contribution in [0.3, 0.4) is 0 Å². The average molecular weight is 306 g/mol. The summed E-state index contributed by atoms with van der Waals surface area (Å²) in [5.41, 5.74) is 9.54. The van der Waals surface area contributed by atoms with Gasteiger partial charge in [-0.1, -0.05) is 41.9 Å². The van der Waals surface area contributed by atoms with Crippen LogP contribution in [0.25, 0.3) is 0 Å². The van der Waals surface area contributed by atoms with Crippen LogP contribution in [0.15, 0.2) is 34.9 Å². The number of primary amides is 1. The summed E-state index contributed by atoms with van der Waals surface area (Å²) in [5, 5.41) is 0. The number of amides is 1. The number of allylic oxidation sites excluding steroid dienone is 6. The molecule has 0 aliphatic rings. The van der Waals surface area contributed by atoms with Gasteiger partial charge in [0.2, 0.25) is 5.91 Å². The fourth-order valence-corrected chi connectivity index (χ4v) is 2.40. The van der Waals surface area contributed by atoms with Gasteiger partial charge in [0.15, 0.2) is 0 Å². The van der Waals surface area contributed by atoms with Crippen LogP contribution in [-0.4, -0.2) is 5.91 Å². The van der Waals surface area contributed by atoms with E-state index in [4.69, 9.17) is 5.73 Å². The molecule has 2 heteroatoms. The molecule has 126 valence electrons. The highest BCUT2D eigenvalue weighted by atomic mass is 16.1. The molecule has 0 rings (SSSR count). The Morgan fingerprint density at radius 3 is 1.91 bits per heavy atom. The second-order valence-corrected chi connectivity index (χ2v) is 6.81. The van der Waals surface area contributed by atoms with Crippen molar-refractivity contribution in [3.05, 3.63) is 34.9 Å². The molecule has 0 bridgehead atoms. The van der Waals surface area contributed by atoms with Crippen LogP contribution in [0.1, 0.15) is 79.6 Å². The minimum absolute atomic E-state index is 0.193. The van der Waals surface area contributed by atoms with Crippen molar-refractivity contribution in [2.75, 3.05) is 0 Å². The molecule has 0 aromatic rings. The van der Waals surface area contributed by atoms with Crippen LogP contribution in [0.2, 0.25) is 0 Å². The number of rotatable bonds is 11. The lowest BCUT2D eigenvalue weighted by Crippen LogP contribution is -2.14. The van der Waals surface area contributed by atoms with Crippen molar-refractivity contribution in [1.29, 1.82) is 0 Å². The number of hydrogen-bond acceptors (Lipinski definition) is 1. The number of carbonyl (C=O) groups excluding carboxylic acids is 1. The van der Waals surface area contributed by atoms with Gasteiger partial charge in [0.1, 0.15) is 0 Å². The van der Waals surface area contributed by atoms with E-state index < -0.39 is 0 Å². The SMILES string of the molecule is CC(C)=CCC/C(C)=C/CC/C(C)=C/CCC(C)CC(N)=O. The van der Waals surface area contributed by atoms with Gasteiger partial charge in [0, 0.05) is 6.42 Å². The van der Waals surface area contributed by atoms with Crippen LogP contribution in [0, 0.1) is 5.92 Å². The predicted octanol–water partition coefficient (Wildman–Crippen LogP) is 5.70. The van der Waals surface area contributed by atoms with Crippen molar-refractivity contribution in [2.24, 2.45) is 11.7 Å². The van der Waals surface area contributed by atoms with Gasteiger partial charge < -0.3 is 5.73 Å². The summed E-state index contributed by atoms with van der Waals surface area (Å²) >= 11 is 0. The maximum absolute atomic E-state index is 10.8. The van der Waals surface area contributed by atoms with E-state index in [0.717, 1.165) is 32.1 Å². The summed E-state index contributed by atoms with van der Waals surface area (Å²) in [4.78, 5) is 10.8. The topological polar surface area (TPSA) is 43.1 Å². The van der Waals surface area contributed by atoms with Gasteiger partial charge in [-0.25, -0.2) is 0 Å². The summed E-state index contributed by atoms with van der Waals surface area (Å²) in [7, 11) is 0. The van der Waals surface area contributed by atoms with Crippen molar-refractivity contribution >= 4 is 5.91 Å². The van der Waals surface area contributed by atoms with Gasteiger partial charge in [-0.3, -0.25) is 4.79 Å². The molecular weight excluding hydrogens is 270 g/mol. The Balaban J connectivity index is 3.91. The van der Waals surface area contributed by atoms with Crippen molar-refractivity contribution in [1.82, 2.24) is 0 Å². The fourth-order valence-electron chi connectivity index (χ4n) is 2.40. The van der Waals surface area contributed by atoms with Crippen LogP contribution in [-0.2, 0) is 4.79 Å². The van der Waals surface area contributed by atoms with Gasteiger partial charge in [-0.2, -0.15) is 0 Å². The third-order valence-corrected chi connectivity index (χ3v) is 3.82. The summed E-state index contributed by atoms with van der Waals surface area (Å²) < 4.78 is 0. The standard InChI is InChI=1S/C20H35NO/c1-16(2)9-6-10-17(3)11-7-12-18(4)13-8-14-19(5)15-20(21)22/h9,11,13,19H,6-8,10,12,14-15H2,1-5H3,(H2,21,22)/b17-11+,18-13+. The largest absolute Gasteiger partial charge is 0.370 e. The molecule has 0 heterocycles. The van der Waals surface area contributed by atoms with Crippen LogP contribution < -0.4 is 5.73 Å². The van der Waals surface area contributed by atoms with Crippen LogP contribution >= 0.6 is 0 Å². The van der Waals surface area contributed by atoms with E-state index in [9.17, 15) is 4.79 Å². The third kappa shape index (κ3) is 13.7. The maximum Gasteiger partial charge on any atom is 0.217 e. The maximum atomic E-state index is 10.8. The van der Waals surface area contributed by atoms with Gasteiger partial charge >= 0.3 is 0 Å². The van der Waals surface area contributed by atoms with Crippen LogP contribution in [0.4, 0.5) is 0 Å². The first-order valence-corrected chi connectivity index (χ1v) is 8.54. The summed E-state index contributed by atoms with van der Waals surface area (Å²) in [6.07, 6.45) is 14.1. The van der Waals surface area contributed by atoms with Gasteiger partial charge in [-0.05, 0) is 72.1 Å². The smallest absolute Gasteiger partial charge is 0.217 e. The molecule has 1 amide bonds. The molecule has 0 fully saturated rings. The summed E-state index contributed by atoms with van der Waals surface area (Å²) in [6.45, 7) is 10.8. The van der Waals surface area contributed by atoms with Crippen molar-refractivity contribution in [2.45, 2.75) is 79.6 Å². The Kier molecular flexibility index (Phi) is 11.5. The molecule has 0 aliphatic carbocycles. The minimum atomic E-state index is -0.193. The predicted molar refractivity (Wildman–Crippen MR) is 97.6 cm³/mol. The lowest BCUT2D eigenvalue weighted by molar-refractivity contribution is -0.118. The van der Waals surface area contributed by atoms with Gasteiger partial charge in [-0.15, -0.1) is 0 Å². The zero-order chi connectivity index (χ0) is 17.0. The molecule has 0 aliphatic heterocycles. The summed E-state index contributed by atoms with van der Waals surface area (Å²) in [5.74, 6) is 0.195. The molecule has 0 spiro atoms. The first kappa shape index (κ1) is 20.7. The van der Waals surface area contributed by atoms with E-state index in [1.807, 2.05) is 0 Å². The van der Waals surface area contributed by atoms with Crippen molar-refractivity contribution < 1.29 is 4.79 Å². The monoisotopic (exact) mass is 305 g/mol. The lowest BCUT2D eigenvalue weighted by Gasteiger charge is -2.07. The zero-order valence-electron chi connectivity index (χ0n) is 15.2. The van der Waals surface area contributed by atoms with Crippen LogP contribution in [0.5, 0.6) is 0 Å². The molecule has 2 nitrogen and oxygen atoms in total. The Morgan fingerprint density at radius 1 is 0.909 bits per heavy atom. The van der Waals surface area contributed by atoms with E-state index >= 15 is 0 Å². The van der Waals surface area contributed by atoms with Crippen molar-refractivity contribution in [3.63, 3.8) is 0 Å². The van der Waals surface area contributed by atoms with Gasteiger partial charge in [0.05, 0.1) is 0 Å².